The predicted molar refractivity (Wildman–Crippen MR) is 95.2 cm³/mol. The van der Waals surface area contributed by atoms with E-state index in [0.29, 0.717) is 24.7 Å². The van der Waals surface area contributed by atoms with Crippen LogP contribution in [-0.2, 0) is 13.1 Å². The molecule has 2 heterocycles. The lowest BCUT2D eigenvalue weighted by Gasteiger charge is -2.09. The number of amides is 1. The minimum absolute atomic E-state index is 0.227. The number of rotatable bonds is 6. The Morgan fingerprint density at radius 3 is 2.68 bits per heavy atom. The van der Waals surface area contributed by atoms with E-state index in [9.17, 15) is 4.79 Å². The van der Waals surface area contributed by atoms with Crippen molar-refractivity contribution in [2.45, 2.75) is 26.9 Å². The Kier molecular flexibility index (Phi) is 5.09. The first-order valence-electron chi connectivity index (χ1n) is 8.06. The third kappa shape index (κ3) is 4.44. The maximum atomic E-state index is 12.4. The zero-order valence-corrected chi connectivity index (χ0v) is 14.2. The largest absolute Gasteiger partial charge is 0.467 e. The third-order valence-corrected chi connectivity index (χ3v) is 3.79. The predicted octanol–water partition coefficient (Wildman–Crippen LogP) is 3.23. The highest BCUT2D eigenvalue weighted by Gasteiger charge is 2.11. The van der Waals surface area contributed by atoms with Gasteiger partial charge < -0.3 is 15.1 Å². The molecule has 0 spiro atoms. The highest BCUT2D eigenvalue weighted by Crippen LogP contribution is 2.09. The van der Waals surface area contributed by atoms with Gasteiger partial charge in [-0.25, -0.2) is 9.97 Å². The zero-order chi connectivity index (χ0) is 17.6. The number of nitrogens with zero attached hydrogens (tertiary/aromatic N) is 2. The topological polar surface area (TPSA) is 80.0 Å². The number of aromatic nitrogens is 2. The summed E-state index contributed by atoms with van der Waals surface area (Å²) in [5.41, 5.74) is 3.28. The highest BCUT2D eigenvalue weighted by molar-refractivity contribution is 5.92. The third-order valence-electron chi connectivity index (χ3n) is 3.79. The van der Waals surface area contributed by atoms with E-state index >= 15 is 0 Å². The maximum absolute atomic E-state index is 12.4. The van der Waals surface area contributed by atoms with E-state index in [1.165, 1.54) is 0 Å². The van der Waals surface area contributed by atoms with Gasteiger partial charge in [0.15, 0.2) is 0 Å². The van der Waals surface area contributed by atoms with Gasteiger partial charge in [0.05, 0.1) is 12.8 Å². The Hall–Kier alpha value is -3.15. The summed E-state index contributed by atoms with van der Waals surface area (Å²) < 4.78 is 5.26. The number of carbonyl (C=O) groups excluding carboxylic acids is 1. The van der Waals surface area contributed by atoms with Gasteiger partial charge in [-0.2, -0.15) is 0 Å². The van der Waals surface area contributed by atoms with Gasteiger partial charge in [0, 0.05) is 12.2 Å². The standard InChI is InChI=1S/C19H20N4O2/c1-13-6-3-4-7-15(13)11-20-18(24)17-10-14(2)22-19(23-17)21-12-16-8-5-9-25-16/h3-10H,11-12H2,1-2H3,(H,20,24)(H,21,22,23). The van der Waals surface area contributed by atoms with Crippen LogP contribution in [0.2, 0.25) is 0 Å². The second kappa shape index (κ2) is 7.61. The van der Waals surface area contributed by atoms with Crippen LogP contribution in [0.3, 0.4) is 0 Å². The summed E-state index contributed by atoms with van der Waals surface area (Å²) >= 11 is 0. The number of carbonyl (C=O) groups is 1. The van der Waals surface area contributed by atoms with E-state index in [2.05, 4.69) is 20.6 Å². The smallest absolute Gasteiger partial charge is 0.270 e. The van der Waals surface area contributed by atoms with E-state index in [-0.39, 0.29) is 5.91 Å². The Bertz CT molecular complexity index is 860. The van der Waals surface area contributed by atoms with E-state index in [1.54, 1.807) is 12.3 Å². The van der Waals surface area contributed by atoms with Crippen molar-refractivity contribution in [1.29, 1.82) is 0 Å². The lowest BCUT2D eigenvalue weighted by atomic mass is 10.1. The summed E-state index contributed by atoms with van der Waals surface area (Å²) in [4.78, 5) is 21.0. The summed E-state index contributed by atoms with van der Waals surface area (Å²) in [5, 5.41) is 5.97. The molecule has 2 aromatic heterocycles. The summed E-state index contributed by atoms with van der Waals surface area (Å²) in [5.74, 6) is 0.947. The van der Waals surface area contributed by atoms with Crippen molar-refractivity contribution in [2.24, 2.45) is 0 Å². The lowest BCUT2D eigenvalue weighted by molar-refractivity contribution is 0.0945. The van der Waals surface area contributed by atoms with Gasteiger partial charge in [0.2, 0.25) is 5.95 Å². The van der Waals surface area contributed by atoms with Gasteiger partial charge in [-0.1, -0.05) is 24.3 Å². The van der Waals surface area contributed by atoms with Crippen molar-refractivity contribution >= 4 is 11.9 Å². The molecule has 3 aromatic rings. The van der Waals surface area contributed by atoms with E-state index < -0.39 is 0 Å². The minimum Gasteiger partial charge on any atom is -0.467 e. The number of hydrogen-bond acceptors (Lipinski definition) is 5. The van der Waals surface area contributed by atoms with Crippen LogP contribution < -0.4 is 10.6 Å². The monoisotopic (exact) mass is 336 g/mol. The average Bonchev–Trinajstić information content (AvgIpc) is 3.12. The molecule has 6 heteroatoms. The second-order valence-electron chi connectivity index (χ2n) is 5.76. The Balaban J connectivity index is 1.66. The summed E-state index contributed by atoms with van der Waals surface area (Å²) in [6.07, 6.45) is 1.61. The second-order valence-corrected chi connectivity index (χ2v) is 5.76. The van der Waals surface area contributed by atoms with Gasteiger partial charge in [0.25, 0.3) is 5.91 Å². The molecule has 0 unspecified atom stereocenters. The molecule has 0 radical (unpaired) electrons. The molecule has 1 aromatic carbocycles. The lowest BCUT2D eigenvalue weighted by Crippen LogP contribution is -2.25. The minimum atomic E-state index is -0.227. The molecule has 6 nitrogen and oxygen atoms in total. The first kappa shape index (κ1) is 16.7. The molecule has 0 bridgehead atoms. The Morgan fingerprint density at radius 1 is 1.08 bits per heavy atom. The number of anilines is 1. The Morgan fingerprint density at radius 2 is 1.92 bits per heavy atom. The van der Waals surface area contributed by atoms with Crippen LogP contribution in [0.1, 0.15) is 33.1 Å². The van der Waals surface area contributed by atoms with Crippen LogP contribution in [0.4, 0.5) is 5.95 Å². The van der Waals surface area contributed by atoms with Crippen LogP contribution in [0.15, 0.2) is 53.1 Å². The first-order chi connectivity index (χ1) is 12.1. The van der Waals surface area contributed by atoms with E-state index in [4.69, 9.17) is 4.42 Å². The zero-order valence-electron chi connectivity index (χ0n) is 14.2. The quantitative estimate of drug-likeness (QED) is 0.722. The van der Waals surface area contributed by atoms with E-state index in [1.807, 2.05) is 50.2 Å². The molecule has 3 rings (SSSR count). The van der Waals surface area contributed by atoms with Crippen LogP contribution in [-0.4, -0.2) is 15.9 Å². The van der Waals surface area contributed by atoms with Gasteiger partial charge in [0.1, 0.15) is 11.5 Å². The van der Waals surface area contributed by atoms with Crippen molar-refractivity contribution in [1.82, 2.24) is 15.3 Å². The van der Waals surface area contributed by atoms with E-state index in [0.717, 1.165) is 22.6 Å². The Labute approximate surface area is 146 Å². The molecule has 0 saturated carbocycles. The summed E-state index contributed by atoms with van der Waals surface area (Å²) in [6, 6.07) is 13.3. The molecule has 0 atom stereocenters. The van der Waals surface area contributed by atoms with Gasteiger partial charge in [-0.15, -0.1) is 0 Å². The number of hydrogen-bond donors (Lipinski definition) is 2. The summed E-state index contributed by atoms with van der Waals surface area (Å²) in [7, 11) is 0. The molecule has 0 aliphatic carbocycles. The molecule has 128 valence electrons. The molecule has 0 aliphatic rings. The normalized spacial score (nSPS) is 10.5. The molecule has 0 saturated heterocycles. The number of benzene rings is 1. The van der Waals surface area contributed by atoms with Crippen LogP contribution >= 0.6 is 0 Å². The molecular weight excluding hydrogens is 316 g/mol. The fraction of sp³-hybridized carbons (Fsp3) is 0.211. The van der Waals surface area contributed by atoms with Gasteiger partial charge >= 0.3 is 0 Å². The first-order valence-corrected chi connectivity index (χ1v) is 8.06. The molecular formula is C19H20N4O2. The fourth-order valence-corrected chi connectivity index (χ4v) is 2.42. The molecule has 0 fully saturated rings. The van der Waals surface area contributed by atoms with Crippen molar-refractivity contribution in [3.8, 4) is 0 Å². The van der Waals surface area contributed by atoms with Crippen molar-refractivity contribution < 1.29 is 9.21 Å². The molecule has 25 heavy (non-hydrogen) atoms. The van der Waals surface area contributed by atoms with Gasteiger partial charge in [-0.3, -0.25) is 4.79 Å². The molecule has 1 amide bonds. The number of furan rings is 1. The SMILES string of the molecule is Cc1cc(C(=O)NCc2ccccc2C)nc(NCc2ccco2)n1. The number of aryl methyl sites for hydroxylation is 2. The molecule has 0 aliphatic heterocycles. The molecule has 2 N–H and O–H groups in total. The van der Waals surface area contributed by atoms with Crippen LogP contribution in [0, 0.1) is 13.8 Å². The van der Waals surface area contributed by atoms with Crippen molar-refractivity contribution in [2.75, 3.05) is 5.32 Å². The average molecular weight is 336 g/mol. The summed E-state index contributed by atoms with van der Waals surface area (Å²) in [6.45, 7) is 4.77. The van der Waals surface area contributed by atoms with Crippen molar-refractivity contribution in [3.05, 3.63) is 77.0 Å². The highest BCUT2D eigenvalue weighted by atomic mass is 16.3. The number of nitrogens with one attached hydrogen (secondary N) is 2. The van der Waals surface area contributed by atoms with Crippen molar-refractivity contribution in [3.63, 3.8) is 0 Å². The van der Waals surface area contributed by atoms with Crippen LogP contribution in [0.25, 0.3) is 0 Å². The fourth-order valence-electron chi connectivity index (χ4n) is 2.42. The van der Waals surface area contributed by atoms with Gasteiger partial charge in [-0.05, 0) is 43.2 Å². The maximum Gasteiger partial charge on any atom is 0.270 e. The van der Waals surface area contributed by atoms with Crippen LogP contribution in [0.5, 0.6) is 0 Å².